The topological polar surface area (TPSA) is 22.1 Å². The second kappa shape index (κ2) is 4.55. The Morgan fingerprint density at radius 1 is 1.57 bits per heavy atom. The van der Waals surface area contributed by atoms with Gasteiger partial charge in [-0.25, -0.2) is 13.8 Å². The average molecular weight is 222 g/mol. The summed E-state index contributed by atoms with van der Waals surface area (Å²) in [5, 5.41) is 0. The number of pyridine rings is 1. The maximum atomic E-state index is 12.5. The van der Waals surface area contributed by atoms with E-state index >= 15 is 0 Å². The first-order valence-electron chi connectivity index (χ1n) is 3.98. The number of hydrogen-bond acceptors (Lipinski definition) is 2. The molecule has 0 aliphatic carbocycles. The summed E-state index contributed by atoms with van der Waals surface area (Å²) in [5.74, 6) is 0.415. The molecule has 1 aromatic rings. The van der Waals surface area contributed by atoms with E-state index in [2.05, 4.69) is 4.98 Å². The van der Waals surface area contributed by atoms with Crippen molar-refractivity contribution in [2.75, 3.05) is 7.11 Å². The molecule has 2 nitrogen and oxygen atoms in total. The number of rotatable bonds is 3. The van der Waals surface area contributed by atoms with Crippen molar-refractivity contribution in [3.05, 3.63) is 22.9 Å². The van der Waals surface area contributed by atoms with Gasteiger partial charge in [0.1, 0.15) is 0 Å². The number of hydrogen-bond donors (Lipinski definition) is 0. The summed E-state index contributed by atoms with van der Waals surface area (Å²) in [6, 6.07) is 1.33. The van der Waals surface area contributed by atoms with Gasteiger partial charge in [-0.3, -0.25) is 0 Å². The number of halogens is 3. The molecule has 0 aliphatic rings. The number of nitrogens with zero attached hydrogens (tertiary/aromatic N) is 1. The van der Waals surface area contributed by atoms with Crippen molar-refractivity contribution in [2.45, 2.75) is 19.2 Å². The number of methoxy groups -OCH3 is 1. The molecule has 0 N–H and O–H groups in total. The van der Waals surface area contributed by atoms with E-state index in [1.54, 1.807) is 0 Å². The molecule has 0 aliphatic heterocycles. The van der Waals surface area contributed by atoms with Crippen LogP contribution in [0.4, 0.5) is 8.78 Å². The molecule has 1 rings (SSSR count). The lowest BCUT2D eigenvalue weighted by molar-refractivity contribution is 0.149. The molecule has 0 radical (unpaired) electrons. The van der Waals surface area contributed by atoms with E-state index in [-0.39, 0.29) is 17.1 Å². The van der Waals surface area contributed by atoms with E-state index in [1.165, 1.54) is 20.1 Å². The summed E-state index contributed by atoms with van der Waals surface area (Å²) >= 11 is 5.57. The lowest BCUT2D eigenvalue weighted by Crippen LogP contribution is -2.00. The third-order valence-electron chi connectivity index (χ3n) is 1.86. The first kappa shape index (κ1) is 11.2. The third-order valence-corrected chi connectivity index (χ3v) is 2.15. The van der Waals surface area contributed by atoms with Gasteiger partial charge in [0, 0.05) is 11.1 Å². The second-order valence-electron chi connectivity index (χ2n) is 2.77. The first-order chi connectivity index (χ1) is 6.60. The van der Waals surface area contributed by atoms with Gasteiger partial charge in [-0.1, -0.05) is 0 Å². The number of aryl methyl sites for hydroxylation is 1. The standard InChI is InChI=1S/C9H10ClF2NO/c1-5-7(8(11)12)3-6(4-10)9(13-5)14-2/h3,8H,4H2,1-2H3. The van der Waals surface area contributed by atoms with Gasteiger partial charge in [0.25, 0.3) is 6.43 Å². The lowest BCUT2D eigenvalue weighted by atomic mass is 10.1. The van der Waals surface area contributed by atoms with Crippen LogP contribution in [0.25, 0.3) is 0 Å². The zero-order valence-corrected chi connectivity index (χ0v) is 8.61. The number of ether oxygens (including phenoxy) is 1. The van der Waals surface area contributed by atoms with Crippen molar-refractivity contribution in [3.8, 4) is 5.88 Å². The zero-order chi connectivity index (χ0) is 10.7. The van der Waals surface area contributed by atoms with Crippen LogP contribution in [-0.2, 0) is 5.88 Å². The molecule has 0 fully saturated rings. The Hall–Kier alpha value is -0.900. The van der Waals surface area contributed by atoms with Gasteiger partial charge < -0.3 is 4.74 Å². The van der Waals surface area contributed by atoms with Crippen LogP contribution < -0.4 is 4.74 Å². The normalized spacial score (nSPS) is 10.7. The second-order valence-corrected chi connectivity index (χ2v) is 3.03. The minimum absolute atomic E-state index is 0.0959. The molecular weight excluding hydrogens is 212 g/mol. The van der Waals surface area contributed by atoms with Gasteiger partial charge in [-0.15, -0.1) is 11.6 Å². The van der Waals surface area contributed by atoms with Crippen molar-refractivity contribution in [2.24, 2.45) is 0 Å². The maximum absolute atomic E-state index is 12.5. The molecule has 0 amide bonds. The Balaban J connectivity index is 3.23. The Labute approximate surface area is 85.9 Å². The van der Waals surface area contributed by atoms with Gasteiger partial charge >= 0.3 is 0 Å². The quantitative estimate of drug-likeness (QED) is 0.732. The fourth-order valence-electron chi connectivity index (χ4n) is 1.14. The lowest BCUT2D eigenvalue weighted by Gasteiger charge is -2.10. The van der Waals surface area contributed by atoms with E-state index in [0.717, 1.165) is 0 Å². The van der Waals surface area contributed by atoms with Crippen LogP contribution in [0.5, 0.6) is 5.88 Å². The van der Waals surface area contributed by atoms with Crippen LogP contribution in [0.15, 0.2) is 6.07 Å². The molecule has 14 heavy (non-hydrogen) atoms. The maximum Gasteiger partial charge on any atom is 0.265 e. The summed E-state index contributed by atoms with van der Waals surface area (Å²) < 4.78 is 29.8. The summed E-state index contributed by atoms with van der Waals surface area (Å²) in [6.07, 6.45) is -2.53. The van der Waals surface area contributed by atoms with E-state index < -0.39 is 6.43 Å². The van der Waals surface area contributed by atoms with Gasteiger partial charge in [-0.2, -0.15) is 0 Å². The van der Waals surface area contributed by atoms with Crippen LogP contribution in [-0.4, -0.2) is 12.1 Å². The SMILES string of the molecule is COc1nc(C)c(C(F)F)cc1CCl. The van der Waals surface area contributed by atoms with Crippen molar-refractivity contribution in [3.63, 3.8) is 0 Å². The van der Waals surface area contributed by atoms with Crippen LogP contribution in [0.3, 0.4) is 0 Å². The fourth-order valence-corrected chi connectivity index (χ4v) is 1.33. The third kappa shape index (κ3) is 2.12. The predicted molar refractivity (Wildman–Crippen MR) is 50.0 cm³/mol. The molecule has 0 aromatic carbocycles. The molecule has 0 saturated carbocycles. The van der Waals surface area contributed by atoms with Crippen molar-refractivity contribution in [1.82, 2.24) is 4.98 Å². The molecular formula is C9H10ClF2NO. The fraction of sp³-hybridized carbons (Fsp3) is 0.444. The minimum Gasteiger partial charge on any atom is -0.481 e. The number of alkyl halides is 3. The van der Waals surface area contributed by atoms with Crippen LogP contribution in [0.2, 0.25) is 0 Å². The molecule has 0 spiro atoms. The highest BCUT2D eigenvalue weighted by Gasteiger charge is 2.15. The molecule has 1 heterocycles. The highest BCUT2D eigenvalue weighted by Crippen LogP contribution is 2.27. The summed E-state index contributed by atoms with van der Waals surface area (Å²) in [7, 11) is 1.43. The van der Waals surface area contributed by atoms with E-state index in [1.807, 2.05) is 0 Å². The summed E-state index contributed by atoms with van der Waals surface area (Å²) in [5.41, 5.74) is 0.655. The van der Waals surface area contributed by atoms with Crippen molar-refractivity contribution >= 4 is 11.6 Å². The van der Waals surface area contributed by atoms with Crippen LogP contribution >= 0.6 is 11.6 Å². The monoisotopic (exact) mass is 221 g/mol. The Morgan fingerprint density at radius 2 is 2.21 bits per heavy atom. The van der Waals surface area contributed by atoms with Gasteiger partial charge in [0.2, 0.25) is 5.88 Å². The van der Waals surface area contributed by atoms with E-state index in [0.29, 0.717) is 11.4 Å². The number of aromatic nitrogens is 1. The van der Waals surface area contributed by atoms with Crippen molar-refractivity contribution in [1.29, 1.82) is 0 Å². The molecule has 0 bridgehead atoms. The van der Waals surface area contributed by atoms with Crippen LogP contribution in [0.1, 0.15) is 23.2 Å². The average Bonchev–Trinajstić information content (AvgIpc) is 2.16. The summed E-state index contributed by atoms with van der Waals surface area (Å²) in [6.45, 7) is 1.52. The molecule has 5 heteroatoms. The molecule has 0 atom stereocenters. The smallest absolute Gasteiger partial charge is 0.265 e. The van der Waals surface area contributed by atoms with E-state index in [4.69, 9.17) is 16.3 Å². The van der Waals surface area contributed by atoms with Gasteiger partial charge in [-0.05, 0) is 13.0 Å². The van der Waals surface area contributed by atoms with Crippen LogP contribution in [0, 0.1) is 6.92 Å². The molecule has 78 valence electrons. The summed E-state index contributed by atoms with van der Waals surface area (Å²) in [4.78, 5) is 3.90. The Kier molecular flexibility index (Phi) is 3.63. The molecule has 1 aromatic heterocycles. The molecule has 0 unspecified atom stereocenters. The molecule has 0 saturated heterocycles. The first-order valence-corrected chi connectivity index (χ1v) is 4.52. The van der Waals surface area contributed by atoms with Gasteiger partial charge in [0.05, 0.1) is 18.7 Å². The predicted octanol–water partition coefficient (Wildman–Crippen LogP) is 3.08. The highest BCUT2D eigenvalue weighted by atomic mass is 35.5. The van der Waals surface area contributed by atoms with E-state index in [9.17, 15) is 8.78 Å². The minimum atomic E-state index is -2.53. The highest BCUT2D eigenvalue weighted by molar-refractivity contribution is 6.17. The Bertz CT molecular complexity index is 331. The van der Waals surface area contributed by atoms with Gasteiger partial charge in [0.15, 0.2) is 0 Å². The zero-order valence-electron chi connectivity index (χ0n) is 7.85. The largest absolute Gasteiger partial charge is 0.481 e. The van der Waals surface area contributed by atoms with Crippen molar-refractivity contribution < 1.29 is 13.5 Å². The Morgan fingerprint density at radius 3 is 2.64 bits per heavy atom.